The molecule has 4 heteroatoms. The third-order valence-corrected chi connectivity index (χ3v) is 1.40. The van der Waals surface area contributed by atoms with Crippen LogP contribution in [0.15, 0.2) is 10.6 Å². The van der Waals surface area contributed by atoms with Gasteiger partial charge in [-0.3, -0.25) is 0 Å². The topological polar surface area (TPSA) is 55.3 Å². The molecule has 1 heterocycles. The Labute approximate surface area is 66.0 Å². The van der Waals surface area contributed by atoms with Crippen molar-refractivity contribution in [1.82, 2.24) is 4.98 Å². The standard InChI is InChI=1S/C7H13N3O/c1-6-5-9-7(11-6)10(2)4-3-8/h5H,3-4,8H2,1-2H3. The van der Waals surface area contributed by atoms with Crippen molar-refractivity contribution < 1.29 is 4.42 Å². The second-order valence-corrected chi connectivity index (χ2v) is 2.46. The summed E-state index contributed by atoms with van der Waals surface area (Å²) in [5.74, 6) is 0.823. The highest BCUT2D eigenvalue weighted by Gasteiger charge is 2.04. The molecule has 0 aliphatic carbocycles. The molecular weight excluding hydrogens is 142 g/mol. The fourth-order valence-corrected chi connectivity index (χ4v) is 0.809. The first kappa shape index (κ1) is 8.07. The van der Waals surface area contributed by atoms with E-state index in [0.717, 1.165) is 12.3 Å². The van der Waals surface area contributed by atoms with E-state index in [9.17, 15) is 0 Å². The molecule has 0 saturated heterocycles. The van der Waals surface area contributed by atoms with Gasteiger partial charge in [0.25, 0.3) is 6.01 Å². The van der Waals surface area contributed by atoms with E-state index in [1.807, 2.05) is 18.9 Å². The van der Waals surface area contributed by atoms with E-state index in [2.05, 4.69) is 4.98 Å². The van der Waals surface area contributed by atoms with Gasteiger partial charge in [-0.2, -0.15) is 0 Å². The molecule has 0 aliphatic rings. The Balaban J connectivity index is 2.60. The largest absolute Gasteiger partial charge is 0.429 e. The van der Waals surface area contributed by atoms with Gasteiger partial charge >= 0.3 is 0 Å². The van der Waals surface area contributed by atoms with E-state index in [0.29, 0.717) is 12.6 Å². The summed E-state index contributed by atoms with van der Waals surface area (Å²) >= 11 is 0. The van der Waals surface area contributed by atoms with Gasteiger partial charge in [-0.1, -0.05) is 0 Å². The Morgan fingerprint density at radius 3 is 2.91 bits per heavy atom. The minimum Gasteiger partial charge on any atom is -0.429 e. The highest BCUT2D eigenvalue weighted by Crippen LogP contribution is 2.10. The van der Waals surface area contributed by atoms with Crippen molar-refractivity contribution in [3.8, 4) is 0 Å². The maximum absolute atomic E-state index is 5.36. The maximum atomic E-state index is 5.36. The van der Waals surface area contributed by atoms with Crippen LogP contribution in [0, 0.1) is 6.92 Å². The molecular formula is C7H13N3O. The lowest BCUT2D eigenvalue weighted by Crippen LogP contribution is -2.25. The summed E-state index contributed by atoms with van der Waals surface area (Å²) in [5.41, 5.74) is 5.36. The molecule has 0 amide bonds. The number of nitrogens with two attached hydrogens (primary N) is 1. The molecule has 0 aromatic carbocycles. The summed E-state index contributed by atoms with van der Waals surface area (Å²) in [7, 11) is 1.90. The van der Waals surface area contributed by atoms with Crippen molar-refractivity contribution in [3.63, 3.8) is 0 Å². The lowest BCUT2D eigenvalue weighted by atomic mass is 10.6. The fraction of sp³-hybridized carbons (Fsp3) is 0.571. The molecule has 11 heavy (non-hydrogen) atoms. The van der Waals surface area contributed by atoms with Gasteiger partial charge in [0.15, 0.2) is 0 Å². The van der Waals surface area contributed by atoms with Gasteiger partial charge in [-0.05, 0) is 6.92 Å². The summed E-state index contributed by atoms with van der Waals surface area (Å²) in [6, 6.07) is 0.632. The Hall–Kier alpha value is -1.03. The average molecular weight is 155 g/mol. The van der Waals surface area contributed by atoms with Gasteiger partial charge in [0.2, 0.25) is 0 Å². The predicted octanol–water partition coefficient (Wildman–Crippen LogP) is 0.378. The monoisotopic (exact) mass is 155 g/mol. The van der Waals surface area contributed by atoms with Crippen molar-refractivity contribution in [1.29, 1.82) is 0 Å². The summed E-state index contributed by atoms with van der Waals surface area (Å²) < 4.78 is 5.26. The van der Waals surface area contributed by atoms with Crippen LogP contribution in [0.3, 0.4) is 0 Å². The summed E-state index contributed by atoms with van der Waals surface area (Å²) in [6.45, 7) is 3.24. The normalized spacial score (nSPS) is 10.1. The van der Waals surface area contributed by atoms with Crippen LogP contribution in [0.4, 0.5) is 6.01 Å². The third kappa shape index (κ3) is 1.94. The van der Waals surface area contributed by atoms with Crippen LogP contribution in [0.5, 0.6) is 0 Å². The predicted molar refractivity (Wildman–Crippen MR) is 43.6 cm³/mol. The van der Waals surface area contributed by atoms with Crippen LogP contribution in [0.25, 0.3) is 0 Å². The molecule has 0 spiro atoms. The number of rotatable bonds is 3. The molecule has 0 unspecified atom stereocenters. The van der Waals surface area contributed by atoms with Crippen LogP contribution in [-0.4, -0.2) is 25.1 Å². The minimum absolute atomic E-state index is 0.609. The summed E-state index contributed by atoms with van der Waals surface area (Å²) in [4.78, 5) is 5.92. The second kappa shape index (κ2) is 3.39. The zero-order chi connectivity index (χ0) is 8.27. The van der Waals surface area contributed by atoms with Gasteiger partial charge < -0.3 is 15.1 Å². The molecule has 0 saturated carbocycles. The van der Waals surface area contributed by atoms with Crippen molar-refractivity contribution in [2.45, 2.75) is 6.92 Å². The van der Waals surface area contributed by atoms with Crippen LogP contribution in [0.2, 0.25) is 0 Å². The molecule has 1 rings (SSSR count). The van der Waals surface area contributed by atoms with Gasteiger partial charge in [-0.15, -0.1) is 0 Å². The Morgan fingerprint density at radius 1 is 1.73 bits per heavy atom. The number of aromatic nitrogens is 1. The molecule has 0 bridgehead atoms. The highest BCUT2D eigenvalue weighted by molar-refractivity contribution is 5.23. The van der Waals surface area contributed by atoms with Crippen molar-refractivity contribution in [3.05, 3.63) is 12.0 Å². The van der Waals surface area contributed by atoms with Crippen LogP contribution < -0.4 is 10.6 Å². The van der Waals surface area contributed by atoms with Gasteiger partial charge in [0.05, 0.1) is 6.20 Å². The van der Waals surface area contributed by atoms with E-state index in [-0.39, 0.29) is 0 Å². The number of nitrogens with zero attached hydrogens (tertiary/aromatic N) is 2. The molecule has 0 fully saturated rings. The lowest BCUT2D eigenvalue weighted by Gasteiger charge is -2.11. The third-order valence-electron chi connectivity index (χ3n) is 1.40. The Kier molecular flexibility index (Phi) is 2.48. The summed E-state index contributed by atoms with van der Waals surface area (Å²) in [6.07, 6.45) is 1.70. The first-order valence-electron chi connectivity index (χ1n) is 3.57. The lowest BCUT2D eigenvalue weighted by molar-refractivity contribution is 0.519. The SMILES string of the molecule is Cc1cnc(N(C)CCN)o1. The molecule has 0 aliphatic heterocycles. The van der Waals surface area contributed by atoms with E-state index < -0.39 is 0 Å². The fourth-order valence-electron chi connectivity index (χ4n) is 0.809. The molecule has 2 N–H and O–H groups in total. The van der Waals surface area contributed by atoms with Crippen molar-refractivity contribution in [2.24, 2.45) is 5.73 Å². The number of oxazole rings is 1. The first-order chi connectivity index (χ1) is 5.24. The molecule has 0 atom stereocenters. The molecule has 1 aromatic heterocycles. The molecule has 1 aromatic rings. The van der Waals surface area contributed by atoms with Crippen molar-refractivity contribution in [2.75, 3.05) is 25.0 Å². The quantitative estimate of drug-likeness (QED) is 0.685. The van der Waals surface area contributed by atoms with E-state index >= 15 is 0 Å². The van der Waals surface area contributed by atoms with Gasteiger partial charge in [0, 0.05) is 20.1 Å². The molecule has 4 nitrogen and oxygen atoms in total. The second-order valence-electron chi connectivity index (χ2n) is 2.46. The first-order valence-corrected chi connectivity index (χ1v) is 3.57. The van der Waals surface area contributed by atoms with E-state index in [1.54, 1.807) is 6.20 Å². The average Bonchev–Trinajstić information content (AvgIpc) is 2.36. The van der Waals surface area contributed by atoms with Crippen LogP contribution >= 0.6 is 0 Å². The Morgan fingerprint density at radius 2 is 2.45 bits per heavy atom. The smallest absolute Gasteiger partial charge is 0.297 e. The van der Waals surface area contributed by atoms with E-state index in [1.165, 1.54) is 0 Å². The van der Waals surface area contributed by atoms with E-state index in [4.69, 9.17) is 10.2 Å². The van der Waals surface area contributed by atoms with Crippen LogP contribution in [0.1, 0.15) is 5.76 Å². The number of hydrogen-bond donors (Lipinski definition) is 1. The van der Waals surface area contributed by atoms with Gasteiger partial charge in [0.1, 0.15) is 5.76 Å². The zero-order valence-corrected chi connectivity index (χ0v) is 6.87. The molecule has 0 radical (unpaired) electrons. The number of likely N-dealkylation sites (N-methyl/N-ethyl adjacent to an activating group) is 1. The summed E-state index contributed by atoms with van der Waals surface area (Å²) in [5, 5.41) is 0. The van der Waals surface area contributed by atoms with Gasteiger partial charge in [-0.25, -0.2) is 4.98 Å². The number of hydrogen-bond acceptors (Lipinski definition) is 4. The maximum Gasteiger partial charge on any atom is 0.297 e. The highest BCUT2D eigenvalue weighted by atomic mass is 16.4. The number of anilines is 1. The van der Waals surface area contributed by atoms with Crippen molar-refractivity contribution >= 4 is 6.01 Å². The van der Waals surface area contributed by atoms with Crippen LogP contribution in [-0.2, 0) is 0 Å². The Bertz CT molecular complexity index is 221. The number of aryl methyl sites for hydroxylation is 1. The molecule has 62 valence electrons. The zero-order valence-electron chi connectivity index (χ0n) is 6.87. The minimum atomic E-state index is 0.609.